The molecule has 1 aliphatic rings. The molecule has 7 heteroatoms. The number of nitrogens with zero attached hydrogens (tertiary/aromatic N) is 4. The second kappa shape index (κ2) is 6.25. The van der Waals surface area contributed by atoms with Crippen molar-refractivity contribution in [2.75, 3.05) is 6.54 Å². The number of carbonyl (C=O) groups is 2. The summed E-state index contributed by atoms with van der Waals surface area (Å²) < 4.78 is 1.71. The molecule has 1 aromatic carbocycles. The Hall–Kier alpha value is -3.22. The number of para-hydroxylation sites is 1. The van der Waals surface area contributed by atoms with Gasteiger partial charge in [-0.25, -0.2) is 14.5 Å². The minimum atomic E-state index is -0.970. The molecule has 1 fully saturated rings. The molecule has 2 aromatic heterocycles. The van der Waals surface area contributed by atoms with Gasteiger partial charge in [0.05, 0.1) is 11.4 Å². The number of hydrogen-bond donors (Lipinski definition) is 1. The molecule has 1 saturated heterocycles. The van der Waals surface area contributed by atoms with E-state index in [1.807, 2.05) is 43.3 Å². The fraction of sp³-hybridized carbons (Fsp3) is 0.263. The van der Waals surface area contributed by atoms with E-state index in [0.717, 1.165) is 16.8 Å². The van der Waals surface area contributed by atoms with Crippen LogP contribution >= 0.6 is 0 Å². The highest BCUT2D eigenvalue weighted by molar-refractivity contribution is 5.97. The third-order valence-electron chi connectivity index (χ3n) is 4.73. The third kappa shape index (κ3) is 2.61. The molecule has 4 rings (SSSR count). The molecule has 1 aliphatic heterocycles. The molecule has 132 valence electrons. The Bertz CT molecular complexity index is 997. The largest absolute Gasteiger partial charge is 0.480 e. The quantitative estimate of drug-likeness (QED) is 0.784. The molecule has 0 radical (unpaired) electrons. The van der Waals surface area contributed by atoms with E-state index in [-0.39, 0.29) is 11.6 Å². The van der Waals surface area contributed by atoms with Crippen LogP contribution in [0.5, 0.6) is 0 Å². The number of carboxylic acid groups (broad SMARTS) is 1. The molecule has 7 nitrogen and oxygen atoms in total. The molecule has 1 N–H and O–H groups in total. The van der Waals surface area contributed by atoms with Crippen molar-refractivity contribution in [1.29, 1.82) is 0 Å². The lowest BCUT2D eigenvalue weighted by atomic mass is 10.2. The number of carboxylic acids is 1. The first-order valence-electron chi connectivity index (χ1n) is 8.52. The predicted molar refractivity (Wildman–Crippen MR) is 95.3 cm³/mol. The van der Waals surface area contributed by atoms with Crippen molar-refractivity contribution >= 4 is 22.9 Å². The Labute approximate surface area is 149 Å². The zero-order chi connectivity index (χ0) is 18.3. The van der Waals surface area contributed by atoms with Crippen molar-refractivity contribution in [2.24, 2.45) is 0 Å². The second-order valence-electron chi connectivity index (χ2n) is 6.40. The van der Waals surface area contributed by atoms with Crippen molar-refractivity contribution in [3.05, 3.63) is 53.9 Å². The maximum atomic E-state index is 12.8. The molecule has 0 saturated carbocycles. The topological polar surface area (TPSA) is 88.3 Å². The van der Waals surface area contributed by atoms with Gasteiger partial charge < -0.3 is 10.0 Å². The van der Waals surface area contributed by atoms with Crippen LogP contribution in [0.25, 0.3) is 16.7 Å². The third-order valence-corrected chi connectivity index (χ3v) is 4.73. The van der Waals surface area contributed by atoms with E-state index >= 15 is 0 Å². The molecular weight excluding hydrogens is 332 g/mol. The fourth-order valence-electron chi connectivity index (χ4n) is 3.43. The van der Waals surface area contributed by atoms with Gasteiger partial charge in [0.1, 0.15) is 11.7 Å². The molecule has 0 bridgehead atoms. The van der Waals surface area contributed by atoms with Crippen LogP contribution in [0.2, 0.25) is 0 Å². The highest BCUT2D eigenvalue weighted by Gasteiger charge is 2.35. The van der Waals surface area contributed by atoms with Crippen LogP contribution in [0.15, 0.2) is 42.5 Å². The summed E-state index contributed by atoms with van der Waals surface area (Å²) in [5, 5.41) is 14.7. The average molecular weight is 350 g/mol. The fourth-order valence-corrected chi connectivity index (χ4v) is 3.43. The average Bonchev–Trinajstić information content (AvgIpc) is 3.27. The normalized spacial score (nSPS) is 17.0. The maximum absolute atomic E-state index is 12.8. The number of fused-ring (bicyclic) bond motifs is 1. The number of likely N-dealkylation sites (tertiary alicyclic amines) is 1. The first kappa shape index (κ1) is 16.3. The van der Waals surface area contributed by atoms with Crippen LogP contribution in [-0.2, 0) is 4.79 Å². The SMILES string of the molecule is Cc1nn(-c2ccccc2)c2nc(C(=O)N3CCCC3C(=O)O)ccc12. The van der Waals surface area contributed by atoms with Crippen LogP contribution in [0, 0.1) is 6.92 Å². The number of amides is 1. The summed E-state index contributed by atoms with van der Waals surface area (Å²) >= 11 is 0. The second-order valence-corrected chi connectivity index (χ2v) is 6.40. The molecule has 1 unspecified atom stereocenters. The van der Waals surface area contributed by atoms with Gasteiger partial charge in [-0.15, -0.1) is 0 Å². The van der Waals surface area contributed by atoms with E-state index in [4.69, 9.17) is 0 Å². The number of rotatable bonds is 3. The summed E-state index contributed by atoms with van der Waals surface area (Å²) in [5.74, 6) is -1.32. The van der Waals surface area contributed by atoms with Gasteiger partial charge in [-0.05, 0) is 44.0 Å². The molecule has 3 aromatic rings. The Morgan fingerprint density at radius 1 is 1.15 bits per heavy atom. The van der Waals surface area contributed by atoms with E-state index in [9.17, 15) is 14.7 Å². The zero-order valence-electron chi connectivity index (χ0n) is 14.3. The van der Waals surface area contributed by atoms with Crippen LogP contribution < -0.4 is 0 Å². The minimum absolute atomic E-state index is 0.239. The van der Waals surface area contributed by atoms with Crippen molar-refractivity contribution in [3.63, 3.8) is 0 Å². The Morgan fingerprint density at radius 3 is 2.65 bits per heavy atom. The smallest absolute Gasteiger partial charge is 0.326 e. The molecule has 1 atom stereocenters. The van der Waals surface area contributed by atoms with Crippen molar-refractivity contribution in [2.45, 2.75) is 25.8 Å². The first-order valence-corrected chi connectivity index (χ1v) is 8.52. The van der Waals surface area contributed by atoms with Gasteiger partial charge in [0.2, 0.25) is 0 Å². The summed E-state index contributed by atoms with van der Waals surface area (Å²) in [6.45, 7) is 2.33. The van der Waals surface area contributed by atoms with Crippen molar-refractivity contribution in [3.8, 4) is 5.69 Å². The lowest BCUT2D eigenvalue weighted by Crippen LogP contribution is -2.40. The Morgan fingerprint density at radius 2 is 1.92 bits per heavy atom. The number of aromatic nitrogens is 3. The Balaban J connectivity index is 1.78. The first-order chi connectivity index (χ1) is 12.6. The number of benzene rings is 1. The van der Waals surface area contributed by atoms with E-state index in [1.54, 1.807) is 10.7 Å². The van der Waals surface area contributed by atoms with Gasteiger partial charge in [-0.1, -0.05) is 18.2 Å². The van der Waals surface area contributed by atoms with Gasteiger partial charge in [0, 0.05) is 11.9 Å². The van der Waals surface area contributed by atoms with E-state index < -0.39 is 12.0 Å². The van der Waals surface area contributed by atoms with E-state index in [0.29, 0.717) is 25.0 Å². The lowest BCUT2D eigenvalue weighted by Gasteiger charge is -2.20. The van der Waals surface area contributed by atoms with Gasteiger partial charge in [-0.2, -0.15) is 5.10 Å². The molecule has 3 heterocycles. The van der Waals surface area contributed by atoms with Crippen molar-refractivity contribution < 1.29 is 14.7 Å². The Kier molecular flexibility index (Phi) is 3.91. The molecule has 0 spiro atoms. The van der Waals surface area contributed by atoms with E-state index in [2.05, 4.69) is 10.1 Å². The molecule has 1 amide bonds. The van der Waals surface area contributed by atoms with Crippen LogP contribution in [-0.4, -0.2) is 49.2 Å². The maximum Gasteiger partial charge on any atom is 0.326 e. The molecule has 0 aliphatic carbocycles. The predicted octanol–water partition coefficient (Wildman–Crippen LogP) is 2.42. The van der Waals surface area contributed by atoms with E-state index in [1.165, 1.54) is 4.90 Å². The zero-order valence-corrected chi connectivity index (χ0v) is 14.3. The summed E-state index contributed by atoms with van der Waals surface area (Å²) in [6, 6.07) is 12.3. The van der Waals surface area contributed by atoms with Crippen LogP contribution in [0.4, 0.5) is 0 Å². The number of pyridine rings is 1. The highest BCUT2D eigenvalue weighted by Crippen LogP contribution is 2.23. The number of carbonyl (C=O) groups excluding carboxylic acids is 1. The molecular formula is C19H18N4O3. The number of hydrogen-bond acceptors (Lipinski definition) is 4. The standard InChI is InChI=1S/C19H18N4O3/c1-12-14-9-10-15(18(24)22-11-5-8-16(22)19(25)26)20-17(14)23(21-12)13-6-3-2-4-7-13/h2-4,6-7,9-10,16H,5,8,11H2,1H3,(H,25,26). The molecule has 26 heavy (non-hydrogen) atoms. The lowest BCUT2D eigenvalue weighted by molar-refractivity contribution is -0.141. The van der Waals surface area contributed by atoms with Gasteiger partial charge >= 0.3 is 5.97 Å². The summed E-state index contributed by atoms with van der Waals surface area (Å²) in [4.78, 5) is 30.1. The van der Waals surface area contributed by atoms with Crippen LogP contribution in [0.1, 0.15) is 29.0 Å². The van der Waals surface area contributed by atoms with Crippen LogP contribution in [0.3, 0.4) is 0 Å². The number of aliphatic carboxylic acids is 1. The van der Waals surface area contributed by atoms with Gasteiger partial charge in [0.15, 0.2) is 5.65 Å². The monoisotopic (exact) mass is 350 g/mol. The minimum Gasteiger partial charge on any atom is -0.480 e. The van der Waals surface area contributed by atoms with Gasteiger partial charge in [0.25, 0.3) is 5.91 Å². The van der Waals surface area contributed by atoms with Crippen molar-refractivity contribution in [1.82, 2.24) is 19.7 Å². The summed E-state index contributed by atoms with van der Waals surface area (Å²) in [6.07, 6.45) is 1.16. The summed E-state index contributed by atoms with van der Waals surface area (Å²) in [7, 11) is 0. The van der Waals surface area contributed by atoms with Gasteiger partial charge in [-0.3, -0.25) is 4.79 Å². The number of aryl methyl sites for hydroxylation is 1. The summed E-state index contributed by atoms with van der Waals surface area (Å²) in [5.41, 5.74) is 2.50. The highest BCUT2D eigenvalue weighted by atomic mass is 16.4.